The third-order valence-corrected chi connectivity index (χ3v) is 21.1. The van der Waals surface area contributed by atoms with E-state index in [1.54, 1.807) is 59.1 Å². The molecule has 9 N–H and O–H groups in total. The maximum Gasteiger partial charge on any atom is 0.411 e. The Morgan fingerprint density at radius 1 is 0.899 bits per heavy atom. The van der Waals surface area contributed by atoms with Crippen molar-refractivity contribution in [3.63, 3.8) is 0 Å². The van der Waals surface area contributed by atoms with Gasteiger partial charge in [0.15, 0.2) is 28.5 Å². The van der Waals surface area contributed by atoms with Crippen LogP contribution in [0.1, 0.15) is 127 Å². The number of anilines is 1. The number of primary amides is 1. The number of phenols is 1. The van der Waals surface area contributed by atoms with E-state index in [4.69, 9.17) is 38.9 Å². The number of nitrogens with one attached hydrogen (secondary N) is 6. The van der Waals surface area contributed by atoms with Crippen molar-refractivity contribution in [2.75, 3.05) is 58.3 Å². The molecule has 99 heavy (non-hydrogen) atoms. The van der Waals surface area contributed by atoms with E-state index in [0.717, 1.165) is 21.4 Å². The summed E-state index contributed by atoms with van der Waals surface area (Å²) in [6.45, 7) is 8.16. The molecule has 2 saturated heterocycles. The molecule has 28 nitrogen and oxygen atoms in total. The number of nitriles is 1. The molecule has 1 spiro atoms. The van der Waals surface area contributed by atoms with Crippen molar-refractivity contribution in [1.82, 2.24) is 41.0 Å². The number of hydrogen-bond acceptors (Lipinski definition) is 21. The first-order valence-electron chi connectivity index (χ1n) is 33.0. The Kier molecular flexibility index (Phi) is 19.8. The highest BCUT2D eigenvalue weighted by molar-refractivity contribution is 7.99. The van der Waals surface area contributed by atoms with E-state index in [2.05, 4.69) is 37.6 Å². The Hall–Kier alpha value is -10.1. The number of piperazine rings is 1. The molecule has 29 heteroatoms. The molecule has 0 aliphatic carbocycles. The van der Waals surface area contributed by atoms with Gasteiger partial charge in [-0.2, -0.15) is 5.26 Å². The average Bonchev–Trinajstić information content (AvgIpc) is 1.12. The fourth-order valence-corrected chi connectivity index (χ4v) is 16.8. The molecule has 13 rings (SSSR count). The highest BCUT2D eigenvalue weighted by Crippen LogP contribution is 2.65. The number of fused-ring (bicyclic) bond motifs is 11. The maximum absolute atomic E-state index is 15.7. The van der Waals surface area contributed by atoms with Gasteiger partial charge in [-0.1, -0.05) is 38.5 Å². The van der Waals surface area contributed by atoms with Crippen molar-refractivity contribution in [2.45, 2.75) is 146 Å². The Morgan fingerprint density at radius 3 is 2.36 bits per heavy atom. The van der Waals surface area contributed by atoms with Crippen molar-refractivity contribution in [1.29, 1.82) is 5.26 Å². The summed E-state index contributed by atoms with van der Waals surface area (Å²) in [5.74, 6) is -2.68. The number of carbonyl (C=O) groups is 9. The van der Waals surface area contributed by atoms with E-state index in [-0.39, 0.29) is 93.6 Å². The van der Waals surface area contributed by atoms with Crippen molar-refractivity contribution < 1.29 is 81.4 Å². The fraction of sp³-hybridized carbons (Fsp3) is 0.457. The topological polar surface area (TPSA) is 374 Å². The first kappa shape index (κ1) is 68.9. The van der Waals surface area contributed by atoms with Crippen LogP contribution in [0, 0.1) is 31.1 Å². The smallest absolute Gasteiger partial charge is 0.411 e. The van der Waals surface area contributed by atoms with Crippen LogP contribution in [0.3, 0.4) is 0 Å². The van der Waals surface area contributed by atoms with Crippen molar-refractivity contribution in [3.05, 3.63) is 111 Å². The van der Waals surface area contributed by atoms with E-state index in [1.165, 1.54) is 42.8 Å². The summed E-state index contributed by atoms with van der Waals surface area (Å²) < 4.78 is 43.2. The standard InChI is InChI=1S/C70H79N11O17S/c1-34(2)55(78-49(83)13-9-8-10-25-79-50(84)20-21-51(79)85)66(88)77-45(12-11-23-73-68(72)90)65(87)75-40-16-14-38(15-17-40)30-95-69(91)81-46-27-39-26-35(3)59(93-7)58(86)52(39)56(81)57-63-54-53(62-61(96-33-97-62)36(4)60(54)98-37(5)82)48(80(57)47(46)29-71)31-94-67(89)70(32-99-63)64-42(22-24-74-70)43-28-41(92-6)18-19-44(43)76-64/h14-21,26,28,34,45-48,55-57,63,74,76,86H,8-13,22-25,27,30-33H2,1-7H3,(H,75,87)(H,77,88)(H,78,83)(H3,72,73,90)/t45-,46-,47-,48-,55-,56+,57+,63+,70+/m0/s1. The first-order chi connectivity index (χ1) is 47.6. The summed E-state index contributed by atoms with van der Waals surface area (Å²) in [5, 5.41) is 39.0. The molecule has 522 valence electrons. The predicted octanol–water partition coefficient (Wildman–Crippen LogP) is 5.97. The lowest BCUT2D eigenvalue weighted by Crippen LogP contribution is -2.71. The number of imide groups is 1. The maximum atomic E-state index is 15.7. The summed E-state index contributed by atoms with van der Waals surface area (Å²) in [5.41, 5.74) is 9.85. The number of aromatic amines is 1. The van der Waals surface area contributed by atoms with Crippen LogP contribution in [0.25, 0.3) is 10.9 Å². The third kappa shape index (κ3) is 13.0. The number of phenolic OH excluding ortho intramolecular Hbond substituents is 1. The zero-order valence-electron chi connectivity index (χ0n) is 55.8. The molecule has 2 fully saturated rings. The van der Waals surface area contributed by atoms with Gasteiger partial charge < -0.3 is 70.2 Å². The second-order valence-electron chi connectivity index (χ2n) is 26.0. The lowest BCUT2D eigenvalue weighted by Gasteiger charge is -2.62. The Bertz CT molecular complexity index is 4170. The number of methoxy groups -OCH3 is 2. The molecule has 1 aromatic heterocycles. The number of aromatic nitrogens is 1. The number of thioether (sulfide) groups is 1. The number of nitrogens with two attached hydrogens (primary N) is 1. The van der Waals surface area contributed by atoms with E-state index in [1.807, 2.05) is 29.2 Å². The Morgan fingerprint density at radius 2 is 1.66 bits per heavy atom. The van der Waals surface area contributed by atoms with Crippen LogP contribution < -0.4 is 56.0 Å². The summed E-state index contributed by atoms with van der Waals surface area (Å²) in [7, 11) is 3.02. The van der Waals surface area contributed by atoms with Gasteiger partial charge in [0.2, 0.25) is 24.5 Å². The molecular weight excluding hydrogens is 1300 g/mol. The van der Waals surface area contributed by atoms with Crippen molar-refractivity contribution >= 4 is 82.0 Å². The number of nitrogens with zero attached hydrogens (tertiary/aromatic N) is 4. The second-order valence-corrected chi connectivity index (χ2v) is 27.2. The number of carbonyl (C=O) groups excluding carboxylic acids is 9. The molecule has 4 aromatic carbocycles. The van der Waals surface area contributed by atoms with Gasteiger partial charge in [-0.05, 0) is 111 Å². The molecule has 5 aromatic rings. The van der Waals surface area contributed by atoms with E-state index in [9.17, 15) is 43.9 Å². The third-order valence-electron chi connectivity index (χ3n) is 19.6. The molecule has 8 amide bonds. The number of H-pyrrole nitrogens is 1. The average molecular weight is 1380 g/mol. The molecule has 9 heterocycles. The van der Waals surface area contributed by atoms with Gasteiger partial charge in [-0.3, -0.25) is 48.8 Å². The van der Waals surface area contributed by atoms with E-state index in [0.29, 0.717) is 99.8 Å². The van der Waals surface area contributed by atoms with Gasteiger partial charge in [0.05, 0.1) is 55.4 Å². The molecular formula is C70H79N11O17S. The highest BCUT2D eigenvalue weighted by atomic mass is 32.2. The molecule has 8 aliphatic heterocycles. The first-order valence-corrected chi connectivity index (χ1v) is 34.1. The number of hydrogen-bond donors (Lipinski definition) is 8. The van der Waals surface area contributed by atoms with Crippen LogP contribution in [0.2, 0.25) is 0 Å². The van der Waals surface area contributed by atoms with E-state index < -0.39 is 101 Å². The number of amides is 8. The Balaban J connectivity index is 0.835. The van der Waals surface area contributed by atoms with E-state index >= 15 is 9.59 Å². The number of esters is 2. The summed E-state index contributed by atoms with van der Waals surface area (Å²) in [6, 6.07) is 8.27. The molecule has 8 aliphatic rings. The lowest BCUT2D eigenvalue weighted by molar-refractivity contribution is -0.157. The highest BCUT2D eigenvalue weighted by Gasteiger charge is 2.64. The minimum Gasteiger partial charge on any atom is -0.504 e. The molecule has 9 atom stereocenters. The van der Waals surface area contributed by atoms with Gasteiger partial charge in [0.25, 0.3) is 11.8 Å². The number of aromatic hydroxyl groups is 1. The van der Waals surface area contributed by atoms with Crippen LogP contribution >= 0.6 is 11.8 Å². The largest absolute Gasteiger partial charge is 0.504 e. The van der Waals surface area contributed by atoms with Crippen LogP contribution in [0.15, 0.2) is 60.7 Å². The zero-order valence-corrected chi connectivity index (χ0v) is 56.6. The second kappa shape index (κ2) is 28.4. The molecule has 0 radical (unpaired) electrons. The van der Waals surface area contributed by atoms with Gasteiger partial charge in [-0.15, -0.1) is 11.8 Å². The molecule has 0 saturated carbocycles. The van der Waals surface area contributed by atoms with Gasteiger partial charge in [0, 0.05) is 89.7 Å². The number of benzene rings is 4. The molecule has 4 bridgehead atoms. The summed E-state index contributed by atoms with van der Waals surface area (Å²) in [6.07, 6.45) is 4.01. The normalized spacial score (nSPS) is 22.3. The number of rotatable bonds is 21. The Labute approximate surface area is 574 Å². The summed E-state index contributed by atoms with van der Waals surface area (Å²) in [4.78, 5) is 129. The van der Waals surface area contributed by atoms with Crippen LogP contribution in [-0.2, 0) is 68.0 Å². The van der Waals surface area contributed by atoms with Gasteiger partial charge >= 0.3 is 24.1 Å². The number of urea groups is 1. The molecule has 0 unspecified atom stereocenters. The van der Waals surface area contributed by atoms with Crippen LogP contribution in [-0.4, -0.2) is 162 Å². The number of unbranched alkanes of at least 4 members (excludes halogenated alkanes) is 2. The van der Waals surface area contributed by atoms with Crippen LogP contribution in [0.5, 0.6) is 34.5 Å². The van der Waals surface area contributed by atoms with Gasteiger partial charge in [-0.25, -0.2) is 14.4 Å². The lowest BCUT2D eigenvalue weighted by atomic mass is 9.71. The minimum atomic E-state index is -1.51. The van der Waals surface area contributed by atoms with Crippen molar-refractivity contribution in [3.8, 4) is 40.6 Å². The predicted molar refractivity (Wildman–Crippen MR) is 357 cm³/mol. The minimum absolute atomic E-state index is 0.0142. The van der Waals surface area contributed by atoms with Crippen LogP contribution in [0.4, 0.5) is 15.3 Å². The monoisotopic (exact) mass is 1380 g/mol. The number of ether oxygens (including phenoxy) is 7. The number of aryl methyl sites for hydroxylation is 1. The summed E-state index contributed by atoms with van der Waals surface area (Å²) >= 11 is 1.33. The zero-order chi connectivity index (χ0) is 70.3. The quantitative estimate of drug-likeness (QED) is 0.0181. The van der Waals surface area contributed by atoms with Gasteiger partial charge in [0.1, 0.15) is 42.8 Å². The van der Waals surface area contributed by atoms with Crippen molar-refractivity contribution in [2.24, 2.45) is 11.7 Å². The SMILES string of the molecule is COc1ccc2[nH]c3c(c2c1)CCN[C@]31CS[C@@H]2c3c(OC(C)=O)c(C)c4c(c3[C@H](COC1=O)N1[C@@H]2[C@H]2c3c(cc(C)c(OC)c3O)C[C@@H]([C@@H]1C#N)N2C(=O)OCc1ccc(NC(=O)[C@H](CCCNC(N)=O)NC(=O)[C@@H](NC(=O)CCCCCN2C(=O)C=CC2=O)C(C)C)cc1)OCO4. The fourth-order valence-electron chi connectivity index (χ4n) is 15.1.